The Balaban J connectivity index is 1.30. The number of amides is 1. The topological polar surface area (TPSA) is 68.8 Å². The number of rotatable bonds is 7. The predicted octanol–water partition coefficient (Wildman–Crippen LogP) is 4.95. The van der Waals surface area contributed by atoms with E-state index in [0.717, 1.165) is 30.0 Å². The number of hydrogen-bond acceptors (Lipinski definition) is 5. The van der Waals surface area contributed by atoms with Crippen LogP contribution in [-0.2, 0) is 16.1 Å². The predicted molar refractivity (Wildman–Crippen MR) is 117 cm³/mol. The van der Waals surface area contributed by atoms with E-state index in [4.69, 9.17) is 14.2 Å². The van der Waals surface area contributed by atoms with Crippen LogP contribution in [0.4, 0.5) is 11.4 Å². The van der Waals surface area contributed by atoms with Gasteiger partial charge >= 0.3 is 0 Å². The Hall–Kier alpha value is -2.73. The molecule has 1 heterocycles. The fourth-order valence-corrected chi connectivity index (χ4v) is 4.04. The van der Waals surface area contributed by atoms with Gasteiger partial charge in [-0.3, -0.25) is 4.79 Å². The summed E-state index contributed by atoms with van der Waals surface area (Å²) in [6.07, 6.45) is 5.22. The number of nitrogens with one attached hydrogen (secondary N) is 2. The molecule has 2 aliphatic rings. The first kappa shape index (κ1) is 20.5. The van der Waals surface area contributed by atoms with Crippen molar-refractivity contribution in [3.05, 3.63) is 48.0 Å². The zero-order valence-electron chi connectivity index (χ0n) is 17.6. The van der Waals surface area contributed by atoms with Gasteiger partial charge in [-0.15, -0.1) is 0 Å². The van der Waals surface area contributed by atoms with Gasteiger partial charge in [-0.2, -0.15) is 0 Å². The lowest BCUT2D eigenvalue weighted by Gasteiger charge is -2.26. The summed E-state index contributed by atoms with van der Waals surface area (Å²) in [5.41, 5.74) is 2.70. The molecule has 0 aromatic heterocycles. The van der Waals surface area contributed by atoms with E-state index >= 15 is 0 Å². The average Bonchev–Trinajstić information content (AvgIpc) is 3.20. The van der Waals surface area contributed by atoms with Crippen LogP contribution >= 0.6 is 0 Å². The summed E-state index contributed by atoms with van der Waals surface area (Å²) in [7, 11) is 0. The first-order valence-electron chi connectivity index (χ1n) is 10.7. The van der Waals surface area contributed by atoms with Crippen LogP contribution in [0.25, 0.3) is 0 Å². The van der Waals surface area contributed by atoms with Crippen molar-refractivity contribution >= 4 is 17.3 Å². The Bertz CT molecular complexity index is 885. The van der Waals surface area contributed by atoms with Crippen molar-refractivity contribution in [1.82, 2.24) is 0 Å². The van der Waals surface area contributed by atoms with Crippen LogP contribution in [0.1, 0.15) is 45.1 Å². The number of carbonyl (C=O) groups is 1. The minimum atomic E-state index is -0.397. The lowest BCUT2D eigenvalue weighted by Crippen LogP contribution is -2.31. The molecule has 1 fully saturated rings. The maximum absolute atomic E-state index is 12.6. The quantitative estimate of drug-likeness (QED) is 0.676. The molecule has 160 valence electrons. The number of anilines is 2. The van der Waals surface area contributed by atoms with Crippen molar-refractivity contribution in [3.63, 3.8) is 0 Å². The summed E-state index contributed by atoms with van der Waals surface area (Å²) in [6.45, 7) is 4.96. The summed E-state index contributed by atoms with van der Waals surface area (Å²) in [6, 6.07) is 13.1. The van der Waals surface area contributed by atoms with Crippen molar-refractivity contribution in [1.29, 1.82) is 0 Å². The van der Waals surface area contributed by atoms with E-state index in [9.17, 15) is 4.79 Å². The van der Waals surface area contributed by atoms with E-state index < -0.39 is 6.04 Å². The lowest BCUT2D eigenvalue weighted by molar-refractivity contribution is -0.116. The lowest BCUT2D eigenvalue weighted by atomic mass is 9.89. The van der Waals surface area contributed by atoms with E-state index in [-0.39, 0.29) is 12.7 Å². The van der Waals surface area contributed by atoms with Gasteiger partial charge in [-0.25, -0.2) is 0 Å². The molecule has 0 spiro atoms. The van der Waals surface area contributed by atoms with Gasteiger partial charge in [0.1, 0.15) is 6.04 Å². The van der Waals surface area contributed by atoms with E-state index in [2.05, 4.69) is 29.7 Å². The van der Waals surface area contributed by atoms with Crippen LogP contribution in [0.5, 0.6) is 11.5 Å². The molecule has 4 rings (SSSR count). The van der Waals surface area contributed by atoms with Crippen molar-refractivity contribution < 1.29 is 19.0 Å². The minimum absolute atomic E-state index is 0.119. The maximum atomic E-state index is 12.6. The highest BCUT2D eigenvalue weighted by molar-refractivity contribution is 5.96. The zero-order valence-corrected chi connectivity index (χ0v) is 17.6. The van der Waals surface area contributed by atoms with E-state index in [1.165, 1.54) is 12.8 Å². The third-order valence-corrected chi connectivity index (χ3v) is 5.72. The number of ether oxygens (including phenoxy) is 3. The average molecular weight is 411 g/mol. The van der Waals surface area contributed by atoms with Crippen molar-refractivity contribution in [2.24, 2.45) is 5.92 Å². The molecule has 3 unspecified atom stereocenters. The van der Waals surface area contributed by atoms with Crippen LogP contribution < -0.4 is 20.1 Å². The molecule has 1 amide bonds. The Morgan fingerprint density at radius 2 is 2.00 bits per heavy atom. The van der Waals surface area contributed by atoms with Crippen LogP contribution in [0.15, 0.2) is 42.5 Å². The molecule has 1 aliphatic carbocycles. The first-order valence-corrected chi connectivity index (χ1v) is 10.7. The molecule has 0 radical (unpaired) electrons. The highest BCUT2D eigenvalue weighted by atomic mass is 16.7. The molecule has 2 N–H and O–H groups in total. The largest absolute Gasteiger partial charge is 0.454 e. The van der Waals surface area contributed by atoms with Crippen LogP contribution in [0.2, 0.25) is 0 Å². The molecular formula is C24H30N2O4. The number of fused-ring (bicyclic) bond motifs is 1. The van der Waals surface area contributed by atoms with Gasteiger partial charge in [0.2, 0.25) is 12.7 Å². The van der Waals surface area contributed by atoms with Crippen LogP contribution in [0.3, 0.4) is 0 Å². The van der Waals surface area contributed by atoms with Gasteiger partial charge in [-0.05, 0) is 55.5 Å². The molecule has 0 saturated heterocycles. The molecule has 30 heavy (non-hydrogen) atoms. The Kier molecular flexibility index (Phi) is 6.43. The second-order valence-electron chi connectivity index (χ2n) is 8.33. The summed E-state index contributed by atoms with van der Waals surface area (Å²) < 4.78 is 16.8. The number of hydrogen-bond donors (Lipinski definition) is 2. The Morgan fingerprint density at radius 3 is 2.87 bits per heavy atom. The SMILES string of the molecule is CC1CCCC(OCc2cccc(NC(C)C(=O)Nc3ccc4c(c3)OCO4)c2)C1. The summed E-state index contributed by atoms with van der Waals surface area (Å²) >= 11 is 0. The summed E-state index contributed by atoms with van der Waals surface area (Å²) in [5.74, 6) is 1.97. The number of benzene rings is 2. The monoisotopic (exact) mass is 410 g/mol. The molecular weight excluding hydrogens is 380 g/mol. The fourth-order valence-electron chi connectivity index (χ4n) is 4.04. The molecule has 1 saturated carbocycles. The van der Waals surface area contributed by atoms with Crippen LogP contribution in [-0.4, -0.2) is 24.8 Å². The molecule has 6 nitrogen and oxygen atoms in total. The third-order valence-electron chi connectivity index (χ3n) is 5.72. The molecule has 2 aromatic rings. The Labute approximate surface area is 177 Å². The van der Waals surface area contributed by atoms with Gasteiger partial charge in [0.05, 0.1) is 12.7 Å². The standard InChI is InChI=1S/C24H30N2O4/c1-16-5-3-8-21(11-16)28-14-18-6-4-7-19(12-18)25-17(2)24(27)26-20-9-10-22-23(13-20)30-15-29-22/h4,6-7,9-10,12-13,16-17,21,25H,3,5,8,11,14-15H2,1-2H3,(H,26,27). The second-order valence-corrected chi connectivity index (χ2v) is 8.33. The van der Waals surface area contributed by atoms with E-state index in [1.807, 2.05) is 25.1 Å². The normalized spacial score (nSPS) is 21.1. The summed E-state index contributed by atoms with van der Waals surface area (Å²) in [5, 5.41) is 6.19. The maximum Gasteiger partial charge on any atom is 0.246 e. The molecule has 1 aliphatic heterocycles. The number of carbonyl (C=O) groups excluding carboxylic acids is 1. The fraction of sp³-hybridized carbons (Fsp3) is 0.458. The molecule has 0 bridgehead atoms. The van der Waals surface area contributed by atoms with Crippen molar-refractivity contribution in [3.8, 4) is 11.5 Å². The van der Waals surface area contributed by atoms with Gasteiger partial charge in [0, 0.05) is 17.4 Å². The van der Waals surface area contributed by atoms with Crippen molar-refractivity contribution in [2.75, 3.05) is 17.4 Å². The van der Waals surface area contributed by atoms with E-state index in [0.29, 0.717) is 29.9 Å². The van der Waals surface area contributed by atoms with Gasteiger partial charge < -0.3 is 24.8 Å². The first-order chi connectivity index (χ1) is 14.6. The zero-order chi connectivity index (χ0) is 20.9. The van der Waals surface area contributed by atoms with Crippen LogP contribution in [0, 0.1) is 5.92 Å². The van der Waals surface area contributed by atoms with Crippen molar-refractivity contribution in [2.45, 2.75) is 58.3 Å². The van der Waals surface area contributed by atoms with Gasteiger partial charge in [0.25, 0.3) is 0 Å². The van der Waals surface area contributed by atoms with Gasteiger partial charge in [-0.1, -0.05) is 31.9 Å². The Morgan fingerprint density at radius 1 is 1.13 bits per heavy atom. The third kappa shape index (κ3) is 5.25. The highest BCUT2D eigenvalue weighted by Gasteiger charge is 2.20. The second kappa shape index (κ2) is 9.39. The highest BCUT2D eigenvalue weighted by Crippen LogP contribution is 2.34. The van der Waals surface area contributed by atoms with Gasteiger partial charge in [0.15, 0.2) is 11.5 Å². The van der Waals surface area contributed by atoms with E-state index in [1.54, 1.807) is 12.1 Å². The molecule has 2 aromatic carbocycles. The summed E-state index contributed by atoms with van der Waals surface area (Å²) in [4.78, 5) is 12.6. The molecule has 6 heteroatoms. The molecule has 3 atom stereocenters. The minimum Gasteiger partial charge on any atom is -0.454 e. The smallest absolute Gasteiger partial charge is 0.246 e.